The van der Waals surface area contributed by atoms with Crippen LogP contribution < -0.4 is 0 Å². The van der Waals surface area contributed by atoms with Crippen molar-refractivity contribution in [2.45, 2.75) is 71.8 Å². The van der Waals surface area contributed by atoms with Gasteiger partial charge in [-0.15, -0.1) is 0 Å². The maximum Gasteiger partial charge on any atom is 0.0591 e. The lowest BCUT2D eigenvalue weighted by molar-refractivity contribution is 0.0371. The van der Waals surface area contributed by atoms with Gasteiger partial charge in [0.2, 0.25) is 0 Å². The van der Waals surface area contributed by atoms with Crippen molar-refractivity contribution >= 4 is 0 Å². The number of hydrogen-bond donors (Lipinski definition) is 1. The van der Waals surface area contributed by atoms with Crippen molar-refractivity contribution in [1.29, 1.82) is 0 Å². The second-order valence-corrected chi connectivity index (χ2v) is 5.66. The molecule has 0 saturated heterocycles. The highest BCUT2D eigenvalue weighted by atomic mass is 16.3. The van der Waals surface area contributed by atoms with Crippen LogP contribution in [0.2, 0.25) is 0 Å². The van der Waals surface area contributed by atoms with E-state index in [2.05, 4.69) is 20.8 Å². The Kier molecular flexibility index (Phi) is 5.66. The van der Waals surface area contributed by atoms with Gasteiger partial charge in [-0.3, -0.25) is 0 Å². The topological polar surface area (TPSA) is 20.2 Å². The Morgan fingerprint density at radius 3 is 2.20 bits per heavy atom. The largest absolute Gasteiger partial charge is 0.393 e. The molecule has 1 saturated carbocycles. The van der Waals surface area contributed by atoms with Crippen molar-refractivity contribution in [3.8, 4) is 0 Å². The van der Waals surface area contributed by atoms with Crippen LogP contribution in [0.25, 0.3) is 0 Å². The molecule has 1 rings (SSSR count). The number of aliphatic hydroxyl groups is 1. The molecule has 0 radical (unpaired) electrons. The molecule has 0 spiro atoms. The van der Waals surface area contributed by atoms with Crippen LogP contribution in [-0.4, -0.2) is 11.2 Å². The molecule has 0 bridgehead atoms. The van der Waals surface area contributed by atoms with E-state index in [1.165, 1.54) is 44.9 Å². The van der Waals surface area contributed by atoms with Crippen molar-refractivity contribution in [2.24, 2.45) is 17.8 Å². The maximum absolute atomic E-state index is 10.0. The van der Waals surface area contributed by atoms with E-state index in [4.69, 9.17) is 0 Å². The average molecular weight is 212 g/mol. The van der Waals surface area contributed by atoms with Crippen LogP contribution in [0, 0.1) is 17.8 Å². The first-order valence-corrected chi connectivity index (χ1v) is 6.83. The summed E-state index contributed by atoms with van der Waals surface area (Å²) in [6, 6.07) is 0. The normalized spacial score (nSPS) is 29.4. The third-order valence-electron chi connectivity index (χ3n) is 4.02. The standard InChI is InChI=1S/C14H28O/c1-4-5-6-12-7-9-13(10-8-12)14(15)11(2)3/h11-15H,4-10H2,1-3H3. The zero-order valence-electron chi connectivity index (χ0n) is 10.7. The summed E-state index contributed by atoms with van der Waals surface area (Å²) in [4.78, 5) is 0. The first-order chi connectivity index (χ1) is 7.15. The van der Waals surface area contributed by atoms with Gasteiger partial charge in [0.05, 0.1) is 6.10 Å². The van der Waals surface area contributed by atoms with Gasteiger partial charge in [-0.25, -0.2) is 0 Å². The van der Waals surface area contributed by atoms with Gasteiger partial charge in [-0.2, -0.15) is 0 Å². The van der Waals surface area contributed by atoms with E-state index in [1.54, 1.807) is 0 Å². The quantitative estimate of drug-likeness (QED) is 0.730. The van der Waals surface area contributed by atoms with Crippen LogP contribution in [0.15, 0.2) is 0 Å². The van der Waals surface area contributed by atoms with Crippen LogP contribution in [0.1, 0.15) is 65.7 Å². The molecular formula is C14H28O. The number of unbranched alkanes of at least 4 members (excludes halogenated alkanes) is 1. The zero-order chi connectivity index (χ0) is 11.3. The van der Waals surface area contributed by atoms with E-state index in [0.717, 1.165) is 5.92 Å². The van der Waals surface area contributed by atoms with E-state index in [-0.39, 0.29) is 6.10 Å². The first-order valence-electron chi connectivity index (χ1n) is 6.83. The summed E-state index contributed by atoms with van der Waals surface area (Å²) in [5.41, 5.74) is 0. The number of rotatable bonds is 5. The van der Waals surface area contributed by atoms with Crippen molar-refractivity contribution in [2.75, 3.05) is 0 Å². The Balaban J connectivity index is 2.23. The van der Waals surface area contributed by atoms with E-state index in [9.17, 15) is 5.11 Å². The molecule has 1 aliphatic rings. The molecule has 1 atom stereocenters. The minimum Gasteiger partial charge on any atom is -0.393 e. The molecule has 1 unspecified atom stereocenters. The molecule has 0 aromatic carbocycles. The van der Waals surface area contributed by atoms with Gasteiger partial charge in [0.1, 0.15) is 0 Å². The second-order valence-electron chi connectivity index (χ2n) is 5.66. The van der Waals surface area contributed by atoms with E-state index in [1.807, 2.05) is 0 Å². The number of hydrogen-bond acceptors (Lipinski definition) is 1. The molecule has 0 aliphatic heterocycles. The summed E-state index contributed by atoms with van der Waals surface area (Å²) in [6.07, 6.45) is 9.30. The zero-order valence-corrected chi connectivity index (χ0v) is 10.7. The lowest BCUT2D eigenvalue weighted by atomic mass is 9.75. The SMILES string of the molecule is CCCCC1CCC(C(O)C(C)C)CC1. The van der Waals surface area contributed by atoms with E-state index >= 15 is 0 Å². The molecule has 1 nitrogen and oxygen atoms in total. The van der Waals surface area contributed by atoms with Gasteiger partial charge in [-0.05, 0) is 30.6 Å². The first kappa shape index (κ1) is 13.0. The minimum atomic E-state index is -0.0582. The summed E-state index contributed by atoms with van der Waals surface area (Å²) < 4.78 is 0. The molecule has 0 heterocycles. The molecule has 1 fully saturated rings. The lowest BCUT2D eigenvalue weighted by Gasteiger charge is -2.33. The predicted octanol–water partition coefficient (Wildman–Crippen LogP) is 4.00. The monoisotopic (exact) mass is 212 g/mol. The van der Waals surface area contributed by atoms with Crippen molar-refractivity contribution in [3.05, 3.63) is 0 Å². The van der Waals surface area contributed by atoms with Gasteiger partial charge in [0.15, 0.2) is 0 Å². The maximum atomic E-state index is 10.0. The average Bonchev–Trinajstić information content (AvgIpc) is 2.26. The fourth-order valence-electron chi connectivity index (χ4n) is 2.86. The molecular weight excluding hydrogens is 184 g/mol. The summed E-state index contributed by atoms with van der Waals surface area (Å²) in [7, 11) is 0. The predicted molar refractivity (Wildman–Crippen MR) is 65.8 cm³/mol. The Morgan fingerprint density at radius 1 is 1.13 bits per heavy atom. The highest BCUT2D eigenvalue weighted by Gasteiger charge is 2.27. The molecule has 0 amide bonds. The highest BCUT2D eigenvalue weighted by molar-refractivity contribution is 4.78. The molecule has 1 aliphatic carbocycles. The summed E-state index contributed by atoms with van der Waals surface area (Å²) in [5.74, 6) is 1.98. The summed E-state index contributed by atoms with van der Waals surface area (Å²) in [6.45, 7) is 6.54. The molecule has 1 N–H and O–H groups in total. The van der Waals surface area contributed by atoms with Crippen LogP contribution >= 0.6 is 0 Å². The van der Waals surface area contributed by atoms with E-state index < -0.39 is 0 Å². The third kappa shape index (κ3) is 4.14. The van der Waals surface area contributed by atoms with Gasteiger partial charge in [-0.1, -0.05) is 52.9 Å². The number of aliphatic hydroxyl groups excluding tert-OH is 1. The van der Waals surface area contributed by atoms with E-state index in [0.29, 0.717) is 11.8 Å². The molecule has 1 heteroatoms. The van der Waals surface area contributed by atoms with Crippen molar-refractivity contribution in [1.82, 2.24) is 0 Å². The van der Waals surface area contributed by atoms with Crippen molar-refractivity contribution < 1.29 is 5.11 Å². The third-order valence-corrected chi connectivity index (χ3v) is 4.02. The second kappa shape index (κ2) is 6.52. The summed E-state index contributed by atoms with van der Waals surface area (Å²) >= 11 is 0. The highest BCUT2D eigenvalue weighted by Crippen LogP contribution is 2.35. The van der Waals surface area contributed by atoms with Crippen LogP contribution in [0.3, 0.4) is 0 Å². The van der Waals surface area contributed by atoms with Crippen LogP contribution in [0.5, 0.6) is 0 Å². The lowest BCUT2D eigenvalue weighted by Crippen LogP contribution is -2.29. The summed E-state index contributed by atoms with van der Waals surface area (Å²) in [5, 5.41) is 10.0. The Morgan fingerprint density at radius 2 is 1.73 bits per heavy atom. The Bertz CT molecular complexity index is 157. The van der Waals surface area contributed by atoms with Gasteiger partial charge < -0.3 is 5.11 Å². The minimum absolute atomic E-state index is 0.0582. The van der Waals surface area contributed by atoms with Gasteiger partial charge in [0, 0.05) is 0 Å². The van der Waals surface area contributed by atoms with Crippen LogP contribution in [-0.2, 0) is 0 Å². The Labute approximate surface area is 95.3 Å². The molecule has 15 heavy (non-hydrogen) atoms. The fraction of sp³-hybridized carbons (Fsp3) is 1.00. The van der Waals surface area contributed by atoms with Crippen LogP contribution in [0.4, 0.5) is 0 Å². The fourth-order valence-corrected chi connectivity index (χ4v) is 2.86. The van der Waals surface area contributed by atoms with Crippen molar-refractivity contribution in [3.63, 3.8) is 0 Å². The molecule has 0 aromatic heterocycles. The smallest absolute Gasteiger partial charge is 0.0591 e. The molecule has 0 aromatic rings. The molecule has 90 valence electrons. The van der Waals surface area contributed by atoms with Gasteiger partial charge >= 0.3 is 0 Å². The van der Waals surface area contributed by atoms with Gasteiger partial charge in [0.25, 0.3) is 0 Å². The Hall–Kier alpha value is -0.0400.